The number of hydrogen-bond donors (Lipinski definition) is 1. The van der Waals surface area contributed by atoms with Crippen LogP contribution in [0.1, 0.15) is 15.9 Å². The van der Waals surface area contributed by atoms with Crippen molar-refractivity contribution in [1.29, 1.82) is 0 Å². The van der Waals surface area contributed by atoms with Gasteiger partial charge in [0.05, 0.1) is 11.3 Å². The smallest absolute Gasteiger partial charge is 0.214 e. The second kappa shape index (κ2) is 6.15. The average molecular weight is 408 g/mol. The van der Waals surface area contributed by atoms with Crippen molar-refractivity contribution in [3.05, 3.63) is 95.0 Å². The van der Waals surface area contributed by atoms with E-state index < -0.39 is 0 Å². The molecule has 0 amide bonds. The van der Waals surface area contributed by atoms with Crippen LogP contribution >= 0.6 is 11.6 Å². The van der Waals surface area contributed by atoms with E-state index in [2.05, 4.69) is 4.99 Å². The first-order valence-corrected chi connectivity index (χ1v) is 9.99. The third-order valence-electron chi connectivity index (χ3n) is 5.76. The number of benzene rings is 5. The number of hydrogen-bond acceptors (Lipinski definition) is 3. The number of phenols is 1. The Hall–Kier alpha value is -3.69. The molecule has 0 aromatic heterocycles. The fraction of sp³-hybridized carbons (Fsp3) is 0. The first kappa shape index (κ1) is 17.2. The van der Waals surface area contributed by atoms with Gasteiger partial charge in [-0.3, -0.25) is 4.79 Å². The predicted octanol–water partition coefficient (Wildman–Crippen LogP) is 6.82. The van der Waals surface area contributed by atoms with E-state index in [1.54, 1.807) is 6.07 Å². The Morgan fingerprint density at radius 1 is 0.733 bits per heavy atom. The lowest BCUT2D eigenvalue weighted by Crippen LogP contribution is -2.12. The SMILES string of the molecule is O=C1C(c2cc(Cl)c3cc4ccccc4cc3c2O)=Nc2ccc3ccccc3c21. The van der Waals surface area contributed by atoms with Crippen LogP contribution in [0.3, 0.4) is 0 Å². The van der Waals surface area contributed by atoms with E-state index in [1.165, 1.54) is 0 Å². The summed E-state index contributed by atoms with van der Waals surface area (Å²) in [4.78, 5) is 17.9. The first-order valence-electron chi connectivity index (χ1n) is 9.61. The fourth-order valence-corrected chi connectivity index (χ4v) is 4.56. The van der Waals surface area contributed by atoms with Crippen LogP contribution in [0.25, 0.3) is 32.3 Å². The van der Waals surface area contributed by atoms with Gasteiger partial charge >= 0.3 is 0 Å². The Morgan fingerprint density at radius 3 is 2.17 bits per heavy atom. The third kappa shape index (κ3) is 2.33. The summed E-state index contributed by atoms with van der Waals surface area (Å²) < 4.78 is 0. The second-order valence-electron chi connectivity index (χ2n) is 7.47. The van der Waals surface area contributed by atoms with Gasteiger partial charge < -0.3 is 5.11 Å². The van der Waals surface area contributed by atoms with Crippen LogP contribution in [0.5, 0.6) is 5.75 Å². The Morgan fingerprint density at radius 2 is 1.40 bits per heavy atom. The van der Waals surface area contributed by atoms with Gasteiger partial charge in [0.1, 0.15) is 11.5 Å². The number of fused-ring (bicyclic) bond motifs is 5. The molecule has 142 valence electrons. The number of carbonyl (C=O) groups excluding carboxylic acids is 1. The topological polar surface area (TPSA) is 49.7 Å². The summed E-state index contributed by atoms with van der Waals surface area (Å²) in [6, 6.07) is 24.9. The zero-order chi connectivity index (χ0) is 20.4. The number of nitrogens with zero attached hydrogens (tertiary/aromatic N) is 1. The number of rotatable bonds is 1. The molecule has 0 bridgehead atoms. The molecule has 1 heterocycles. The summed E-state index contributed by atoms with van der Waals surface area (Å²) in [5.74, 6) is -0.183. The first-order chi connectivity index (χ1) is 14.6. The molecule has 0 fully saturated rings. The molecule has 1 N–H and O–H groups in total. The van der Waals surface area contributed by atoms with Crippen molar-refractivity contribution in [2.75, 3.05) is 0 Å². The van der Waals surface area contributed by atoms with E-state index in [0.717, 1.165) is 26.9 Å². The van der Waals surface area contributed by atoms with Crippen molar-refractivity contribution in [3.63, 3.8) is 0 Å². The van der Waals surface area contributed by atoms with Gasteiger partial charge in [0.15, 0.2) is 0 Å². The molecule has 0 saturated carbocycles. The maximum absolute atomic E-state index is 13.3. The highest BCUT2D eigenvalue weighted by Crippen LogP contribution is 2.41. The van der Waals surface area contributed by atoms with Gasteiger partial charge in [-0.2, -0.15) is 0 Å². The number of Topliss-reactive ketones (excluding diaryl/α,β-unsaturated/α-hetero) is 1. The lowest BCUT2D eigenvalue weighted by molar-refractivity contribution is 0.107. The van der Waals surface area contributed by atoms with Gasteiger partial charge in [0, 0.05) is 21.4 Å². The van der Waals surface area contributed by atoms with E-state index in [-0.39, 0.29) is 17.2 Å². The maximum atomic E-state index is 13.3. The molecule has 6 rings (SSSR count). The van der Waals surface area contributed by atoms with E-state index in [0.29, 0.717) is 27.2 Å². The van der Waals surface area contributed by atoms with Gasteiger partial charge in [-0.1, -0.05) is 66.2 Å². The zero-order valence-electron chi connectivity index (χ0n) is 15.7. The summed E-state index contributed by atoms with van der Waals surface area (Å²) in [6.45, 7) is 0. The number of carbonyl (C=O) groups is 1. The van der Waals surface area contributed by atoms with Crippen LogP contribution in [0, 0.1) is 0 Å². The Bertz CT molecular complexity index is 1580. The normalized spacial score (nSPS) is 13.2. The van der Waals surface area contributed by atoms with Crippen LogP contribution < -0.4 is 0 Å². The molecule has 5 aromatic carbocycles. The Labute approximate surface area is 176 Å². The van der Waals surface area contributed by atoms with Crippen molar-refractivity contribution in [1.82, 2.24) is 0 Å². The Kier molecular flexibility index (Phi) is 3.53. The molecule has 0 saturated heterocycles. The number of aromatic hydroxyl groups is 1. The van der Waals surface area contributed by atoms with E-state index in [4.69, 9.17) is 11.6 Å². The highest BCUT2D eigenvalue weighted by Gasteiger charge is 2.30. The van der Waals surface area contributed by atoms with Gasteiger partial charge in [-0.15, -0.1) is 0 Å². The molecule has 0 radical (unpaired) electrons. The van der Waals surface area contributed by atoms with Crippen molar-refractivity contribution < 1.29 is 9.90 Å². The summed E-state index contributed by atoms with van der Waals surface area (Å²) >= 11 is 6.59. The lowest BCUT2D eigenvalue weighted by Gasteiger charge is -2.11. The quantitative estimate of drug-likeness (QED) is 0.310. The average Bonchev–Trinajstić information content (AvgIpc) is 3.12. The molecular formula is C26H14ClNO2. The molecule has 1 aliphatic rings. The molecule has 3 nitrogen and oxygen atoms in total. The molecule has 0 spiro atoms. The highest BCUT2D eigenvalue weighted by molar-refractivity contribution is 6.57. The van der Waals surface area contributed by atoms with Crippen LogP contribution in [0.2, 0.25) is 5.02 Å². The fourth-order valence-electron chi connectivity index (χ4n) is 4.30. The number of phenolic OH excluding ortho intramolecular Hbond substituents is 1. The standard InChI is InChI=1S/C26H14ClNO2/c27-21-13-20(25(29)19-12-16-7-2-1-6-15(16)11-18(19)21)24-26(30)23-17-8-4-3-5-14(17)9-10-22(23)28-24/h1-13,29H. The molecule has 0 aliphatic carbocycles. The third-order valence-corrected chi connectivity index (χ3v) is 6.07. The van der Waals surface area contributed by atoms with Crippen LogP contribution in [0.15, 0.2) is 83.9 Å². The van der Waals surface area contributed by atoms with Crippen LogP contribution in [0.4, 0.5) is 5.69 Å². The highest BCUT2D eigenvalue weighted by atomic mass is 35.5. The van der Waals surface area contributed by atoms with Crippen LogP contribution in [-0.2, 0) is 0 Å². The summed E-state index contributed by atoms with van der Waals surface area (Å²) in [5, 5.41) is 16.8. The van der Waals surface area contributed by atoms with E-state index in [1.807, 2.05) is 72.8 Å². The lowest BCUT2D eigenvalue weighted by atomic mass is 9.94. The summed E-state index contributed by atoms with van der Waals surface area (Å²) in [7, 11) is 0. The maximum Gasteiger partial charge on any atom is 0.214 e. The largest absolute Gasteiger partial charge is 0.507 e. The molecular weight excluding hydrogens is 394 g/mol. The second-order valence-corrected chi connectivity index (χ2v) is 7.88. The van der Waals surface area contributed by atoms with Gasteiger partial charge in [0.25, 0.3) is 0 Å². The van der Waals surface area contributed by atoms with Crippen molar-refractivity contribution >= 4 is 61.1 Å². The molecule has 0 atom stereocenters. The molecule has 5 aromatic rings. The number of ketones is 1. The Balaban J connectivity index is 1.60. The van der Waals surface area contributed by atoms with Crippen molar-refractivity contribution in [2.45, 2.75) is 0 Å². The number of aliphatic imine (C=N–C) groups is 1. The molecule has 4 heteroatoms. The van der Waals surface area contributed by atoms with Crippen molar-refractivity contribution in [3.8, 4) is 5.75 Å². The minimum Gasteiger partial charge on any atom is -0.507 e. The number of halogens is 1. The minimum absolute atomic E-state index is 0.0179. The summed E-state index contributed by atoms with van der Waals surface area (Å²) in [6.07, 6.45) is 0. The van der Waals surface area contributed by atoms with Gasteiger partial charge in [-0.05, 0) is 45.8 Å². The van der Waals surface area contributed by atoms with Crippen molar-refractivity contribution in [2.24, 2.45) is 4.99 Å². The predicted molar refractivity (Wildman–Crippen MR) is 123 cm³/mol. The summed E-state index contributed by atoms with van der Waals surface area (Å²) in [5.41, 5.74) is 1.75. The van der Waals surface area contributed by atoms with E-state index >= 15 is 0 Å². The van der Waals surface area contributed by atoms with Gasteiger partial charge in [-0.25, -0.2) is 4.99 Å². The monoisotopic (exact) mass is 407 g/mol. The molecule has 0 unspecified atom stereocenters. The van der Waals surface area contributed by atoms with Crippen LogP contribution in [-0.4, -0.2) is 16.6 Å². The molecule has 30 heavy (non-hydrogen) atoms. The van der Waals surface area contributed by atoms with E-state index in [9.17, 15) is 9.90 Å². The minimum atomic E-state index is -0.201. The molecule has 1 aliphatic heterocycles. The van der Waals surface area contributed by atoms with Gasteiger partial charge in [0.2, 0.25) is 5.78 Å². The zero-order valence-corrected chi connectivity index (χ0v) is 16.4.